The van der Waals surface area contributed by atoms with Gasteiger partial charge < -0.3 is 4.90 Å². The van der Waals surface area contributed by atoms with E-state index in [2.05, 4.69) is 9.80 Å². The molecule has 0 radical (unpaired) electrons. The summed E-state index contributed by atoms with van der Waals surface area (Å²) in [6.45, 7) is 3.96. The molecule has 1 unspecified atom stereocenters. The number of likely N-dealkylation sites (tertiary alicyclic amines) is 1. The van der Waals surface area contributed by atoms with Gasteiger partial charge in [0.15, 0.2) is 9.84 Å². The molecule has 0 saturated carbocycles. The number of rotatable bonds is 4. The smallest absolute Gasteiger partial charge is 0.288 e. The van der Waals surface area contributed by atoms with Crippen molar-refractivity contribution < 1.29 is 13.3 Å². The van der Waals surface area contributed by atoms with Crippen molar-refractivity contribution in [3.63, 3.8) is 0 Å². The first-order chi connectivity index (χ1) is 10.9. The van der Waals surface area contributed by atoms with E-state index < -0.39 is 14.8 Å². The van der Waals surface area contributed by atoms with Crippen LogP contribution in [0, 0.1) is 10.1 Å². The maximum atomic E-state index is 11.9. The van der Waals surface area contributed by atoms with Crippen LogP contribution < -0.4 is 4.90 Å². The molecule has 2 fully saturated rings. The number of nitro groups is 1. The molecule has 0 aromatic heterocycles. The third-order valence-electron chi connectivity index (χ3n) is 4.73. The number of hydrogen-bond acceptors (Lipinski definition) is 6. The van der Waals surface area contributed by atoms with E-state index in [0.29, 0.717) is 6.04 Å². The summed E-state index contributed by atoms with van der Waals surface area (Å²) < 4.78 is 23.7. The quantitative estimate of drug-likeness (QED) is 0.613. The van der Waals surface area contributed by atoms with E-state index in [0.717, 1.165) is 44.5 Å². The van der Waals surface area contributed by atoms with Gasteiger partial charge in [-0.3, -0.25) is 15.0 Å². The van der Waals surface area contributed by atoms with Gasteiger partial charge in [-0.2, -0.15) is 0 Å². The third-order valence-corrected chi connectivity index (χ3v) is 5.85. The zero-order valence-electron chi connectivity index (χ0n) is 13.1. The average Bonchev–Trinajstić information content (AvgIpc) is 3.16. The Bertz CT molecular complexity index is 713. The topological polar surface area (TPSA) is 83.8 Å². The molecule has 0 amide bonds. The highest BCUT2D eigenvalue weighted by Crippen LogP contribution is 2.31. The molecule has 0 bridgehead atoms. The molecular formula is C15H21N3O4S. The van der Waals surface area contributed by atoms with Crippen molar-refractivity contribution in [3.8, 4) is 0 Å². The van der Waals surface area contributed by atoms with Crippen molar-refractivity contribution in [2.45, 2.75) is 30.2 Å². The standard InChI is InChI=1S/C15H21N3O4S/c1-23(21,22)15-10-12(4-5-14(15)18(19)20)17-9-6-13(11-17)16-7-2-3-8-16/h4-5,10,13H,2-3,6-9,11H2,1H3. The molecule has 1 atom stereocenters. The fourth-order valence-electron chi connectivity index (χ4n) is 3.53. The summed E-state index contributed by atoms with van der Waals surface area (Å²) in [7, 11) is -3.64. The first kappa shape index (κ1) is 16.2. The third kappa shape index (κ3) is 3.32. The van der Waals surface area contributed by atoms with E-state index in [4.69, 9.17) is 0 Å². The van der Waals surface area contributed by atoms with E-state index in [9.17, 15) is 18.5 Å². The van der Waals surface area contributed by atoms with Crippen LogP contribution in [0.25, 0.3) is 0 Å². The van der Waals surface area contributed by atoms with Crippen molar-refractivity contribution in [1.82, 2.24) is 4.90 Å². The van der Waals surface area contributed by atoms with Gasteiger partial charge in [0, 0.05) is 37.1 Å². The highest BCUT2D eigenvalue weighted by molar-refractivity contribution is 7.90. The molecule has 3 rings (SSSR count). The van der Waals surface area contributed by atoms with Crippen LogP contribution in [-0.2, 0) is 9.84 Å². The van der Waals surface area contributed by atoms with Crippen molar-refractivity contribution in [2.24, 2.45) is 0 Å². The fourth-order valence-corrected chi connectivity index (χ4v) is 4.39. The van der Waals surface area contributed by atoms with Gasteiger partial charge in [0.1, 0.15) is 4.90 Å². The summed E-state index contributed by atoms with van der Waals surface area (Å²) in [6.07, 6.45) is 4.54. The molecule has 7 nitrogen and oxygen atoms in total. The number of nitro benzene ring substituents is 1. The molecule has 0 spiro atoms. The van der Waals surface area contributed by atoms with Crippen LogP contribution in [0.1, 0.15) is 19.3 Å². The molecule has 2 saturated heterocycles. The first-order valence-electron chi connectivity index (χ1n) is 7.84. The summed E-state index contributed by atoms with van der Waals surface area (Å²) in [5.74, 6) is 0. The zero-order valence-corrected chi connectivity index (χ0v) is 14.0. The van der Waals surface area contributed by atoms with Gasteiger partial charge in [0.25, 0.3) is 5.69 Å². The van der Waals surface area contributed by atoms with Gasteiger partial charge in [0.2, 0.25) is 0 Å². The summed E-state index contributed by atoms with van der Waals surface area (Å²) in [4.78, 5) is 14.8. The Kier molecular flexibility index (Phi) is 4.29. The lowest BCUT2D eigenvalue weighted by Gasteiger charge is -2.24. The second-order valence-electron chi connectivity index (χ2n) is 6.31. The second kappa shape index (κ2) is 6.09. The van der Waals surface area contributed by atoms with Crippen LogP contribution in [-0.4, -0.2) is 56.7 Å². The number of nitrogens with zero attached hydrogens (tertiary/aromatic N) is 3. The molecule has 2 aliphatic heterocycles. The molecule has 1 aromatic carbocycles. The molecule has 2 aliphatic rings. The molecule has 2 heterocycles. The minimum absolute atomic E-state index is 0.204. The molecule has 1 aromatic rings. The van der Waals surface area contributed by atoms with Crippen LogP contribution >= 0.6 is 0 Å². The molecule has 23 heavy (non-hydrogen) atoms. The molecule has 0 aliphatic carbocycles. The monoisotopic (exact) mass is 339 g/mol. The summed E-state index contributed by atoms with van der Waals surface area (Å²) in [6, 6.07) is 4.89. The van der Waals surface area contributed by atoms with Crippen molar-refractivity contribution in [1.29, 1.82) is 0 Å². The number of benzene rings is 1. The largest absolute Gasteiger partial charge is 0.370 e. The SMILES string of the molecule is CS(=O)(=O)c1cc(N2CCC(N3CCCC3)C2)ccc1[N+](=O)[O-]. The minimum Gasteiger partial charge on any atom is -0.370 e. The lowest BCUT2D eigenvalue weighted by Crippen LogP contribution is -2.35. The number of anilines is 1. The van der Waals surface area contributed by atoms with Gasteiger partial charge in [0.05, 0.1) is 4.92 Å². The fraction of sp³-hybridized carbons (Fsp3) is 0.600. The second-order valence-corrected chi connectivity index (χ2v) is 8.30. The zero-order chi connectivity index (χ0) is 16.6. The number of sulfone groups is 1. The maximum Gasteiger partial charge on any atom is 0.288 e. The van der Waals surface area contributed by atoms with E-state index in [1.807, 2.05) is 0 Å². The predicted octanol–water partition coefficient (Wildman–Crippen LogP) is 1.67. The van der Waals surface area contributed by atoms with Gasteiger partial charge >= 0.3 is 0 Å². The van der Waals surface area contributed by atoms with Gasteiger partial charge in [-0.1, -0.05) is 0 Å². The minimum atomic E-state index is -3.64. The van der Waals surface area contributed by atoms with Crippen molar-refractivity contribution in [2.75, 3.05) is 37.3 Å². The van der Waals surface area contributed by atoms with E-state index in [1.54, 1.807) is 6.07 Å². The Morgan fingerprint density at radius 3 is 2.52 bits per heavy atom. The van der Waals surface area contributed by atoms with Crippen LogP contribution in [0.4, 0.5) is 11.4 Å². The Morgan fingerprint density at radius 1 is 1.22 bits per heavy atom. The Labute approximate surface area is 136 Å². The van der Waals surface area contributed by atoms with E-state index in [-0.39, 0.29) is 10.6 Å². The van der Waals surface area contributed by atoms with Gasteiger partial charge in [-0.15, -0.1) is 0 Å². The van der Waals surface area contributed by atoms with Crippen molar-refractivity contribution >= 4 is 21.2 Å². The van der Waals surface area contributed by atoms with Crippen LogP contribution in [0.3, 0.4) is 0 Å². The molecule has 126 valence electrons. The Morgan fingerprint density at radius 2 is 1.91 bits per heavy atom. The van der Waals surface area contributed by atoms with Gasteiger partial charge in [-0.05, 0) is 44.5 Å². The normalized spacial score (nSPS) is 22.7. The summed E-state index contributed by atoms with van der Waals surface area (Å²) in [5.41, 5.74) is 0.393. The molecule has 0 N–H and O–H groups in total. The van der Waals surface area contributed by atoms with E-state index in [1.165, 1.54) is 25.0 Å². The first-order valence-corrected chi connectivity index (χ1v) is 9.73. The molecule has 8 heteroatoms. The highest BCUT2D eigenvalue weighted by atomic mass is 32.2. The molecular weight excluding hydrogens is 318 g/mol. The Hall–Kier alpha value is -1.67. The van der Waals surface area contributed by atoms with Crippen molar-refractivity contribution in [3.05, 3.63) is 28.3 Å². The van der Waals surface area contributed by atoms with Crippen LogP contribution in [0.2, 0.25) is 0 Å². The maximum absolute atomic E-state index is 11.9. The highest BCUT2D eigenvalue weighted by Gasteiger charge is 2.31. The lowest BCUT2D eigenvalue weighted by molar-refractivity contribution is -0.387. The van der Waals surface area contributed by atoms with E-state index >= 15 is 0 Å². The lowest BCUT2D eigenvalue weighted by atomic mass is 10.2. The summed E-state index contributed by atoms with van der Waals surface area (Å²) in [5, 5.41) is 11.0. The number of hydrogen-bond donors (Lipinski definition) is 0. The van der Waals surface area contributed by atoms with Crippen LogP contribution in [0.15, 0.2) is 23.1 Å². The average molecular weight is 339 g/mol. The Balaban J connectivity index is 1.85. The van der Waals surface area contributed by atoms with Gasteiger partial charge in [-0.25, -0.2) is 8.42 Å². The van der Waals surface area contributed by atoms with Crippen LogP contribution in [0.5, 0.6) is 0 Å². The predicted molar refractivity (Wildman–Crippen MR) is 87.6 cm³/mol. The summed E-state index contributed by atoms with van der Waals surface area (Å²) >= 11 is 0.